The van der Waals surface area contributed by atoms with E-state index in [1.165, 1.54) is 6.42 Å². The number of nitrogens with two attached hydrogens (primary N) is 2. The van der Waals surface area contributed by atoms with Gasteiger partial charge in [-0.1, -0.05) is 12.8 Å². The van der Waals surface area contributed by atoms with Crippen LogP contribution in [-0.4, -0.2) is 121 Å². The third-order valence-electron chi connectivity index (χ3n) is 11.8. The summed E-state index contributed by atoms with van der Waals surface area (Å²) < 4.78 is 12.2. The number of nitrogens with one attached hydrogen (secondary N) is 7. The van der Waals surface area contributed by atoms with Crippen LogP contribution in [0.3, 0.4) is 0 Å². The number of carbonyl (C=O) groups is 2. The van der Waals surface area contributed by atoms with E-state index in [-0.39, 0.29) is 71.8 Å². The topological polar surface area (TPSA) is 195 Å². The smallest absolute Gasteiger partial charge is 0.226 e. The van der Waals surface area contributed by atoms with Crippen molar-refractivity contribution >= 4 is 23.5 Å². The Bertz CT molecular complexity index is 1180. The molecule has 8 aliphatic rings. The number of fused-ring (bicyclic) bond motifs is 3. The first-order valence-electron chi connectivity index (χ1n) is 17.4. The van der Waals surface area contributed by atoms with Crippen molar-refractivity contribution < 1.29 is 19.1 Å². The van der Waals surface area contributed by atoms with Crippen molar-refractivity contribution in [2.24, 2.45) is 35.1 Å². The minimum atomic E-state index is -0.506. The van der Waals surface area contributed by atoms with Crippen LogP contribution < -0.4 is 49.1 Å². The molecule has 2 aliphatic carbocycles. The summed E-state index contributed by atoms with van der Waals surface area (Å²) in [6.45, 7) is 4.24. The van der Waals surface area contributed by atoms with E-state index >= 15 is 0 Å². The largest absolute Gasteiger partial charge is 0.474 e. The first-order chi connectivity index (χ1) is 22.4. The molecule has 11 unspecified atom stereocenters. The number of ether oxygens (including phenoxy) is 2. The van der Waals surface area contributed by atoms with Gasteiger partial charge in [0.25, 0.3) is 0 Å². The van der Waals surface area contributed by atoms with Crippen molar-refractivity contribution in [1.29, 1.82) is 0 Å². The lowest BCUT2D eigenvalue weighted by Gasteiger charge is -2.50. The number of hydrazine groups is 2. The van der Waals surface area contributed by atoms with Crippen LogP contribution in [-0.2, 0) is 19.1 Å². The van der Waals surface area contributed by atoms with Gasteiger partial charge >= 0.3 is 0 Å². The summed E-state index contributed by atoms with van der Waals surface area (Å²) in [6, 6.07) is 0.589. The minimum Gasteiger partial charge on any atom is -0.474 e. The Morgan fingerprint density at radius 1 is 1.04 bits per heavy atom. The Labute approximate surface area is 274 Å². The van der Waals surface area contributed by atoms with Crippen molar-refractivity contribution in [2.45, 2.75) is 92.7 Å². The van der Waals surface area contributed by atoms with Crippen LogP contribution in [0.15, 0.2) is 12.0 Å². The zero-order valence-electron chi connectivity index (χ0n) is 26.4. The molecule has 0 aromatic carbocycles. The number of carbonyl (C=O) groups excluding carboxylic acids is 2. The molecule has 13 atom stereocenters. The zero-order valence-corrected chi connectivity index (χ0v) is 27.2. The summed E-state index contributed by atoms with van der Waals surface area (Å²) in [6.07, 6.45) is 7.13. The summed E-state index contributed by atoms with van der Waals surface area (Å²) in [5, 5.41) is 11.3. The molecule has 1 amide bonds. The number of hydrogen-bond acceptors (Lipinski definition) is 15. The van der Waals surface area contributed by atoms with Gasteiger partial charge in [-0.15, -0.1) is 11.8 Å². The lowest BCUT2D eigenvalue weighted by atomic mass is 9.69. The average Bonchev–Trinajstić information content (AvgIpc) is 3.83. The highest BCUT2D eigenvalue weighted by atomic mass is 32.2. The molecule has 46 heavy (non-hydrogen) atoms. The number of nitrogens with zero attached hydrogens (tertiary/aromatic N) is 2. The maximum atomic E-state index is 13.3. The molecule has 6 heterocycles. The van der Waals surface area contributed by atoms with Gasteiger partial charge in [-0.05, 0) is 37.5 Å². The highest BCUT2D eigenvalue weighted by Gasteiger charge is 2.54. The first-order valence-corrected chi connectivity index (χ1v) is 18.4. The quantitative estimate of drug-likeness (QED) is 0.136. The molecule has 0 radical (unpaired) electrons. The molecule has 15 nitrogen and oxygen atoms in total. The van der Waals surface area contributed by atoms with E-state index < -0.39 is 5.92 Å². The summed E-state index contributed by atoms with van der Waals surface area (Å²) in [4.78, 5) is 30.7. The number of amides is 1. The van der Waals surface area contributed by atoms with Crippen LogP contribution in [0, 0.1) is 23.7 Å². The van der Waals surface area contributed by atoms with Gasteiger partial charge in [-0.2, -0.15) is 0 Å². The van der Waals surface area contributed by atoms with Gasteiger partial charge in [0.15, 0.2) is 11.7 Å². The Kier molecular flexibility index (Phi) is 9.22. The molecule has 2 saturated carbocycles. The number of ketones is 1. The van der Waals surface area contributed by atoms with Gasteiger partial charge in [-0.25, -0.2) is 15.8 Å². The van der Waals surface area contributed by atoms with Crippen LogP contribution in [0.5, 0.6) is 0 Å². The van der Waals surface area contributed by atoms with Gasteiger partial charge < -0.3 is 25.8 Å². The fourth-order valence-corrected chi connectivity index (χ4v) is 11.0. The Morgan fingerprint density at radius 2 is 1.89 bits per heavy atom. The predicted octanol–water partition coefficient (Wildman–Crippen LogP) is -2.81. The third kappa shape index (κ3) is 5.97. The summed E-state index contributed by atoms with van der Waals surface area (Å²) in [5.41, 5.74) is 26.2. The van der Waals surface area contributed by atoms with Crippen LogP contribution >= 0.6 is 11.8 Å². The maximum Gasteiger partial charge on any atom is 0.226 e. The molecular weight excluding hydrogens is 610 g/mol. The van der Waals surface area contributed by atoms with Crippen molar-refractivity contribution in [2.75, 3.05) is 45.3 Å². The van der Waals surface area contributed by atoms with Crippen molar-refractivity contribution in [3.05, 3.63) is 12.0 Å². The molecule has 256 valence electrons. The Balaban J connectivity index is 1.01. The molecule has 0 bridgehead atoms. The second kappa shape index (κ2) is 13.4. The van der Waals surface area contributed by atoms with Gasteiger partial charge in [-0.3, -0.25) is 36.4 Å². The molecule has 5 saturated heterocycles. The number of morpholine rings is 1. The molecule has 11 N–H and O–H groups in total. The fraction of sp³-hybridized carbons (Fsp3) is 0.867. The van der Waals surface area contributed by atoms with Crippen LogP contribution in [0.25, 0.3) is 0 Å². The highest BCUT2D eigenvalue weighted by Crippen LogP contribution is 2.47. The lowest BCUT2D eigenvalue weighted by Crippen LogP contribution is -2.77. The van der Waals surface area contributed by atoms with Gasteiger partial charge in [0.05, 0.1) is 38.1 Å². The van der Waals surface area contributed by atoms with E-state index in [4.69, 9.17) is 20.9 Å². The molecule has 7 fully saturated rings. The highest BCUT2D eigenvalue weighted by molar-refractivity contribution is 8.01. The molecule has 6 aliphatic heterocycles. The molecular formula is C30H51N11O4S. The van der Waals surface area contributed by atoms with Crippen LogP contribution in [0.2, 0.25) is 0 Å². The number of allylic oxidation sites excluding steroid dienone is 1. The molecule has 0 aromatic rings. The van der Waals surface area contributed by atoms with Crippen molar-refractivity contribution in [1.82, 2.24) is 47.5 Å². The fourth-order valence-electron chi connectivity index (χ4n) is 9.38. The van der Waals surface area contributed by atoms with Gasteiger partial charge in [0, 0.05) is 61.5 Å². The number of hydrogen-bond donors (Lipinski definition) is 9. The predicted molar refractivity (Wildman–Crippen MR) is 172 cm³/mol. The number of rotatable bonds is 7. The summed E-state index contributed by atoms with van der Waals surface area (Å²) >= 11 is 1.75. The van der Waals surface area contributed by atoms with E-state index in [0.717, 1.165) is 57.5 Å². The van der Waals surface area contributed by atoms with Crippen LogP contribution in [0.1, 0.15) is 38.5 Å². The zero-order chi connectivity index (χ0) is 31.4. The molecule has 8 rings (SSSR count). The monoisotopic (exact) mass is 661 g/mol. The third-order valence-corrected chi connectivity index (χ3v) is 13.2. The van der Waals surface area contributed by atoms with Crippen molar-refractivity contribution in [3.63, 3.8) is 0 Å². The van der Waals surface area contributed by atoms with E-state index in [2.05, 4.69) is 47.5 Å². The second-order valence-corrected chi connectivity index (χ2v) is 15.6. The number of thioether (sulfide) groups is 1. The lowest BCUT2D eigenvalue weighted by molar-refractivity contribution is -0.130. The molecule has 16 heteroatoms. The Hall–Kier alpha value is -1.57. The Morgan fingerprint density at radius 3 is 2.72 bits per heavy atom. The maximum absolute atomic E-state index is 13.3. The SMILES string of the molecule is NC(=O)C1C(NC2CC(C3CSC4C(=O)C=C(N5CCOCC5)OC43)CC3CNNC32)NC(N[C@H]2CCCC[C@H]2N)N2CNNC12. The van der Waals surface area contributed by atoms with E-state index in [9.17, 15) is 9.59 Å². The normalized spacial score (nSPS) is 46.3. The van der Waals surface area contributed by atoms with Crippen molar-refractivity contribution in [3.8, 4) is 0 Å². The van der Waals surface area contributed by atoms with E-state index in [1.807, 2.05) is 0 Å². The van der Waals surface area contributed by atoms with Gasteiger partial charge in [0.2, 0.25) is 5.91 Å². The van der Waals surface area contributed by atoms with Crippen LogP contribution in [0.4, 0.5) is 0 Å². The minimum absolute atomic E-state index is 0.0780. The molecule has 0 spiro atoms. The second-order valence-electron chi connectivity index (χ2n) is 14.4. The summed E-state index contributed by atoms with van der Waals surface area (Å²) in [7, 11) is 0. The first kappa shape index (κ1) is 31.7. The summed E-state index contributed by atoms with van der Waals surface area (Å²) in [5.74, 6) is 1.99. The standard InChI is InChI=1S/C30H51N11O4S/c31-18-3-1-2-4-19(18)36-30-37-28(23(27(32)43)29-39-34-14-41(29)30)35-20-10-15(9-16-12-33-38-24(16)20)17-13-46-26-21(42)11-22(45-25(17)26)40-5-7-44-8-6-40/h11,15-20,23-26,28-30,33-39H,1-10,12-14,31H2,(H2,32,43)/t15?,16?,17?,18-,19+,20?,23?,24?,25?,26?,28?,29?,30?/m1/s1. The average molecular weight is 662 g/mol. The molecule has 0 aromatic heterocycles. The van der Waals surface area contributed by atoms with E-state index in [1.54, 1.807) is 17.8 Å². The van der Waals surface area contributed by atoms with Gasteiger partial charge in [0.1, 0.15) is 17.6 Å². The van der Waals surface area contributed by atoms with E-state index in [0.29, 0.717) is 37.6 Å². The number of primary amides is 1.